The van der Waals surface area contributed by atoms with Gasteiger partial charge in [0.15, 0.2) is 17.0 Å². The Morgan fingerprint density at radius 3 is 3.00 bits per heavy atom. The minimum absolute atomic E-state index is 0.215. The first-order valence-corrected chi connectivity index (χ1v) is 4.24. The summed E-state index contributed by atoms with van der Waals surface area (Å²) in [4.78, 5) is 19.5. The predicted octanol–water partition coefficient (Wildman–Crippen LogP) is 0.713. The lowest BCUT2D eigenvalue weighted by molar-refractivity contribution is 0.544. The normalized spacial score (nSPS) is 11.4. The van der Waals surface area contributed by atoms with Crippen molar-refractivity contribution < 1.29 is 4.39 Å². The van der Waals surface area contributed by atoms with E-state index in [2.05, 4.69) is 24.9 Å². The van der Waals surface area contributed by atoms with Crippen LogP contribution >= 0.6 is 0 Å². The molecule has 0 atom stereocenters. The summed E-state index contributed by atoms with van der Waals surface area (Å²) in [5.74, 6) is 0.215. The minimum atomic E-state index is -0.822. The molecule has 78 valence electrons. The lowest BCUT2D eigenvalue weighted by Gasteiger charge is -2.01. The number of aromatic amines is 1. The van der Waals surface area contributed by atoms with Gasteiger partial charge in [-0.25, -0.2) is 9.98 Å². The van der Waals surface area contributed by atoms with Crippen LogP contribution in [-0.2, 0) is 0 Å². The Balaban J connectivity index is 2.53. The van der Waals surface area contributed by atoms with Crippen molar-refractivity contribution in [2.75, 3.05) is 14.1 Å². The second-order valence-electron chi connectivity index (χ2n) is 3.12. The molecule has 0 aliphatic rings. The maximum atomic E-state index is 12.9. The van der Waals surface area contributed by atoms with Gasteiger partial charge in [-0.2, -0.15) is 14.4 Å². The predicted molar refractivity (Wildman–Crippen MR) is 53.5 cm³/mol. The van der Waals surface area contributed by atoms with Crippen LogP contribution in [0.3, 0.4) is 0 Å². The smallest absolute Gasteiger partial charge is 0.312 e. The van der Waals surface area contributed by atoms with Crippen molar-refractivity contribution in [2.24, 2.45) is 4.99 Å². The van der Waals surface area contributed by atoms with Crippen molar-refractivity contribution >= 4 is 23.3 Å². The number of halogens is 1. The number of fused-ring (bicyclic) bond motifs is 1. The Kier molecular flexibility index (Phi) is 2.28. The summed E-state index contributed by atoms with van der Waals surface area (Å²) in [6.07, 6.45) is 2.13. The SMILES string of the molecule is CN(C)/C=N\c1nc(F)nc2[nH]cnc12. The molecule has 0 aliphatic carbocycles. The van der Waals surface area contributed by atoms with Crippen molar-refractivity contribution in [3.8, 4) is 0 Å². The van der Waals surface area contributed by atoms with E-state index in [1.165, 1.54) is 12.7 Å². The Bertz CT molecular complexity index is 503. The summed E-state index contributed by atoms with van der Waals surface area (Å²) in [6, 6.07) is 0. The van der Waals surface area contributed by atoms with Crippen LogP contribution in [0.25, 0.3) is 11.2 Å². The average Bonchev–Trinajstić information content (AvgIpc) is 2.61. The molecule has 0 radical (unpaired) electrons. The highest BCUT2D eigenvalue weighted by Gasteiger charge is 2.08. The number of hydrogen-bond acceptors (Lipinski definition) is 4. The third kappa shape index (κ3) is 1.90. The largest absolute Gasteiger partial charge is 0.369 e. The zero-order valence-corrected chi connectivity index (χ0v) is 8.27. The highest BCUT2D eigenvalue weighted by molar-refractivity contribution is 5.82. The van der Waals surface area contributed by atoms with Gasteiger partial charge in [-0.15, -0.1) is 0 Å². The summed E-state index contributed by atoms with van der Waals surface area (Å²) in [5.41, 5.74) is 0.794. The fourth-order valence-corrected chi connectivity index (χ4v) is 1.05. The molecule has 2 heterocycles. The molecule has 1 N–H and O–H groups in total. The van der Waals surface area contributed by atoms with Gasteiger partial charge >= 0.3 is 6.08 Å². The van der Waals surface area contributed by atoms with Gasteiger partial charge in [0.25, 0.3) is 0 Å². The highest BCUT2D eigenvalue weighted by Crippen LogP contribution is 2.18. The van der Waals surface area contributed by atoms with E-state index in [0.717, 1.165) is 0 Å². The third-order valence-corrected chi connectivity index (χ3v) is 1.64. The molecule has 0 aliphatic heterocycles. The monoisotopic (exact) mass is 208 g/mol. The zero-order valence-electron chi connectivity index (χ0n) is 8.27. The molecule has 6 nitrogen and oxygen atoms in total. The fourth-order valence-electron chi connectivity index (χ4n) is 1.05. The van der Waals surface area contributed by atoms with E-state index in [1.54, 1.807) is 4.90 Å². The van der Waals surface area contributed by atoms with Gasteiger partial charge in [0, 0.05) is 14.1 Å². The Morgan fingerprint density at radius 1 is 1.47 bits per heavy atom. The number of aliphatic imine (C=N–C) groups is 1. The molecule has 2 aromatic heterocycles. The van der Waals surface area contributed by atoms with Crippen molar-refractivity contribution in [2.45, 2.75) is 0 Å². The van der Waals surface area contributed by atoms with Crippen LogP contribution in [-0.4, -0.2) is 45.3 Å². The van der Waals surface area contributed by atoms with E-state index in [1.807, 2.05) is 14.1 Å². The number of nitrogens with one attached hydrogen (secondary N) is 1. The first kappa shape index (κ1) is 9.50. The van der Waals surface area contributed by atoms with Gasteiger partial charge in [0.2, 0.25) is 0 Å². The molecule has 0 spiro atoms. The van der Waals surface area contributed by atoms with Crippen LogP contribution in [0.5, 0.6) is 0 Å². The lowest BCUT2D eigenvalue weighted by atomic mass is 10.5. The average molecular weight is 208 g/mol. The number of aromatic nitrogens is 4. The summed E-state index contributed by atoms with van der Waals surface area (Å²) in [6.45, 7) is 0. The maximum absolute atomic E-state index is 12.9. The van der Waals surface area contributed by atoms with Crippen molar-refractivity contribution in [1.82, 2.24) is 24.8 Å². The molecule has 0 saturated heterocycles. The van der Waals surface area contributed by atoms with Gasteiger partial charge in [-0.1, -0.05) is 0 Å². The molecule has 15 heavy (non-hydrogen) atoms. The molecule has 0 aromatic carbocycles. The maximum Gasteiger partial charge on any atom is 0.312 e. The molecule has 0 bridgehead atoms. The Hall–Kier alpha value is -2.05. The van der Waals surface area contributed by atoms with Crippen LogP contribution in [0.4, 0.5) is 10.2 Å². The van der Waals surface area contributed by atoms with Crippen LogP contribution in [0.2, 0.25) is 0 Å². The minimum Gasteiger partial charge on any atom is -0.369 e. The number of H-pyrrole nitrogens is 1. The number of imidazole rings is 1. The van der Waals surface area contributed by atoms with E-state index >= 15 is 0 Å². The topological polar surface area (TPSA) is 70.1 Å². The fraction of sp³-hybridized carbons (Fsp3) is 0.250. The molecule has 0 amide bonds. The summed E-state index contributed by atoms with van der Waals surface area (Å²) < 4.78 is 12.9. The van der Waals surface area contributed by atoms with Crippen molar-refractivity contribution in [3.05, 3.63) is 12.4 Å². The lowest BCUT2D eigenvalue weighted by Crippen LogP contribution is -2.07. The molecule has 0 unspecified atom stereocenters. The Labute approximate surface area is 84.9 Å². The van der Waals surface area contributed by atoms with E-state index in [-0.39, 0.29) is 5.82 Å². The standard InChI is InChI=1S/C8H9FN6/c1-15(2)4-12-7-5-6(11-3-10-5)13-8(9)14-7/h3-4H,1-2H3,(H,10,11,13,14)/b12-4-. The van der Waals surface area contributed by atoms with Gasteiger partial charge in [0.1, 0.15) is 0 Å². The highest BCUT2D eigenvalue weighted by atomic mass is 19.1. The Morgan fingerprint density at radius 2 is 2.27 bits per heavy atom. The van der Waals surface area contributed by atoms with E-state index < -0.39 is 6.08 Å². The zero-order chi connectivity index (χ0) is 10.8. The quantitative estimate of drug-likeness (QED) is 0.448. The van der Waals surface area contributed by atoms with Crippen LogP contribution in [0.1, 0.15) is 0 Å². The van der Waals surface area contributed by atoms with E-state index in [4.69, 9.17) is 0 Å². The number of rotatable bonds is 2. The number of hydrogen-bond donors (Lipinski definition) is 1. The van der Waals surface area contributed by atoms with Gasteiger partial charge in [-0.05, 0) is 0 Å². The second-order valence-corrected chi connectivity index (χ2v) is 3.12. The molecule has 7 heteroatoms. The van der Waals surface area contributed by atoms with E-state index in [0.29, 0.717) is 11.2 Å². The number of nitrogens with zero attached hydrogens (tertiary/aromatic N) is 5. The third-order valence-electron chi connectivity index (χ3n) is 1.64. The van der Waals surface area contributed by atoms with Crippen LogP contribution < -0.4 is 0 Å². The molecular weight excluding hydrogens is 199 g/mol. The van der Waals surface area contributed by atoms with Crippen molar-refractivity contribution in [3.63, 3.8) is 0 Å². The molecule has 0 fully saturated rings. The molecule has 0 saturated carbocycles. The van der Waals surface area contributed by atoms with Gasteiger partial charge in [0.05, 0.1) is 12.7 Å². The van der Waals surface area contributed by atoms with Crippen LogP contribution in [0, 0.1) is 6.08 Å². The molecule has 2 rings (SSSR count). The summed E-state index contributed by atoms with van der Waals surface area (Å²) >= 11 is 0. The first-order valence-electron chi connectivity index (χ1n) is 4.24. The summed E-state index contributed by atoms with van der Waals surface area (Å²) in [7, 11) is 3.62. The molecule has 2 aromatic rings. The van der Waals surface area contributed by atoms with Crippen LogP contribution in [0.15, 0.2) is 11.3 Å². The second kappa shape index (κ2) is 3.60. The first-order chi connectivity index (χ1) is 7.16. The van der Waals surface area contributed by atoms with Gasteiger partial charge < -0.3 is 9.88 Å². The summed E-state index contributed by atoms with van der Waals surface area (Å²) in [5, 5.41) is 0. The van der Waals surface area contributed by atoms with Crippen molar-refractivity contribution in [1.29, 1.82) is 0 Å². The molecular formula is C8H9FN6. The van der Waals surface area contributed by atoms with E-state index in [9.17, 15) is 4.39 Å². The van der Waals surface area contributed by atoms with Gasteiger partial charge in [-0.3, -0.25) is 0 Å².